The normalized spacial score (nSPS) is 14.1. The van der Waals surface area contributed by atoms with E-state index >= 15 is 0 Å². The minimum Gasteiger partial charge on any atom is -0.396 e. The molecule has 0 saturated carbocycles. The van der Waals surface area contributed by atoms with Crippen molar-refractivity contribution >= 4 is 21.6 Å². The van der Waals surface area contributed by atoms with Gasteiger partial charge < -0.3 is 5.11 Å². The molecule has 0 spiro atoms. The maximum absolute atomic E-state index is 8.99. The lowest BCUT2D eigenvalue weighted by molar-refractivity contribution is 0.300. The summed E-state index contributed by atoms with van der Waals surface area (Å²) in [6, 6.07) is 0. The average Bonchev–Trinajstić information content (AvgIpc) is 2.20. The molecule has 92 valence electrons. The summed E-state index contributed by atoms with van der Waals surface area (Å²) >= 11 is 0. The van der Waals surface area contributed by atoms with Gasteiger partial charge in [-0.1, -0.05) is 67.2 Å². The van der Waals surface area contributed by atoms with Crippen LogP contribution in [0.2, 0.25) is 0 Å². The molecule has 0 aliphatic heterocycles. The van der Waals surface area contributed by atoms with Crippen molar-refractivity contribution in [2.45, 2.75) is 38.9 Å². The molecule has 0 atom stereocenters. The summed E-state index contributed by atoms with van der Waals surface area (Å²) in [6.07, 6.45) is 6.60. The fraction of sp³-hybridized carbons (Fsp3) is 0.538. The molecule has 0 rings (SSSR count). The van der Waals surface area contributed by atoms with Crippen molar-refractivity contribution < 1.29 is 5.11 Å². The van der Waals surface area contributed by atoms with Crippen LogP contribution in [-0.2, 0) is 0 Å². The van der Waals surface area contributed by atoms with Crippen LogP contribution in [0.1, 0.15) is 34.1 Å². The van der Waals surface area contributed by atoms with E-state index in [0.717, 1.165) is 5.57 Å². The zero-order valence-corrected chi connectivity index (χ0v) is 12.3. The lowest BCUT2D eigenvalue weighted by Crippen LogP contribution is -2.04. The molecule has 0 saturated heterocycles. The predicted molar refractivity (Wildman–Crippen MR) is 78.7 cm³/mol. The minimum absolute atomic E-state index is 0.170. The number of rotatable bonds is 6. The average molecular weight is 258 g/mol. The molecule has 1 N–H and O–H groups in total. The van der Waals surface area contributed by atoms with Crippen molar-refractivity contribution in [1.82, 2.24) is 0 Å². The van der Waals surface area contributed by atoms with E-state index in [4.69, 9.17) is 5.11 Å². The van der Waals surface area contributed by atoms with Gasteiger partial charge in [0.15, 0.2) is 0 Å². The zero-order valence-electron chi connectivity index (χ0n) is 10.6. The van der Waals surface area contributed by atoms with Gasteiger partial charge in [-0.3, -0.25) is 0 Å². The van der Waals surface area contributed by atoms with Gasteiger partial charge in [-0.2, -0.15) is 0 Å². The molecule has 0 amide bonds. The van der Waals surface area contributed by atoms with E-state index in [1.54, 1.807) is 10.8 Å². The van der Waals surface area contributed by atoms with Crippen molar-refractivity contribution in [3.8, 4) is 0 Å². The summed E-state index contributed by atoms with van der Waals surface area (Å²) in [5.74, 6) is 0. The van der Waals surface area contributed by atoms with Gasteiger partial charge in [0, 0.05) is 16.3 Å². The Bertz CT molecular complexity index is 272. The maximum Gasteiger partial charge on any atom is 0.0471 e. The Kier molecular flexibility index (Phi) is 7.98. The summed E-state index contributed by atoms with van der Waals surface area (Å²) in [7, 11) is 3.58. The standard InChI is InChI=1S/C13H22OS2/c1-6-8-12(11(7-2)9-10-14)15-16-13(3,4)5/h6-8,14H,2,9-10H2,1,3-5H3/b8-6-,12-11-. The Labute approximate surface area is 107 Å². The van der Waals surface area contributed by atoms with Crippen LogP contribution in [0, 0.1) is 0 Å². The van der Waals surface area contributed by atoms with Gasteiger partial charge in [0.05, 0.1) is 0 Å². The second kappa shape index (κ2) is 8.04. The van der Waals surface area contributed by atoms with Crippen LogP contribution >= 0.6 is 21.6 Å². The molecule has 0 aromatic carbocycles. The summed E-state index contributed by atoms with van der Waals surface area (Å²) in [5.41, 5.74) is 1.11. The Hall–Kier alpha value is -0.120. The van der Waals surface area contributed by atoms with Gasteiger partial charge in [0.2, 0.25) is 0 Å². The summed E-state index contributed by atoms with van der Waals surface area (Å²) in [6.45, 7) is 12.5. The Balaban J connectivity index is 4.76. The largest absolute Gasteiger partial charge is 0.396 e. The smallest absolute Gasteiger partial charge is 0.0471 e. The van der Waals surface area contributed by atoms with Crippen LogP contribution in [-0.4, -0.2) is 16.5 Å². The van der Waals surface area contributed by atoms with Gasteiger partial charge in [-0.05, 0) is 18.9 Å². The number of aliphatic hydroxyl groups excluding tert-OH is 1. The first kappa shape index (κ1) is 15.9. The zero-order chi connectivity index (χ0) is 12.6. The van der Waals surface area contributed by atoms with Crippen LogP contribution in [0.5, 0.6) is 0 Å². The molecule has 0 fully saturated rings. The van der Waals surface area contributed by atoms with Crippen LogP contribution in [0.25, 0.3) is 0 Å². The molecular weight excluding hydrogens is 236 g/mol. The summed E-state index contributed by atoms with van der Waals surface area (Å²) in [4.78, 5) is 1.19. The number of hydrogen-bond acceptors (Lipinski definition) is 3. The fourth-order valence-corrected chi connectivity index (χ4v) is 3.29. The highest BCUT2D eigenvalue weighted by Crippen LogP contribution is 2.42. The highest BCUT2D eigenvalue weighted by atomic mass is 33.1. The van der Waals surface area contributed by atoms with Crippen LogP contribution in [0.15, 0.2) is 35.3 Å². The molecule has 0 radical (unpaired) electrons. The lowest BCUT2D eigenvalue weighted by Gasteiger charge is -2.17. The number of aliphatic hydroxyl groups is 1. The third-order valence-electron chi connectivity index (χ3n) is 1.64. The van der Waals surface area contributed by atoms with Crippen LogP contribution in [0.3, 0.4) is 0 Å². The minimum atomic E-state index is 0.170. The predicted octanol–water partition coefficient (Wildman–Crippen LogP) is 4.56. The van der Waals surface area contributed by atoms with E-state index in [1.807, 2.05) is 29.9 Å². The molecule has 0 unspecified atom stereocenters. The number of allylic oxidation sites excluding steroid dienone is 3. The van der Waals surface area contributed by atoms with Gasteiger partial charge >= 0.3 is 0 Å². The first-order chi connectivity index (χ1) is 7.44. The maximum atomic E-state index is 8.99. The highest BCUT2D eigenvalue weighted by molar-refractivity contribution is 8.78. The molecule has 0 aromatic heterocycles. The molecule has 0 aromatic rings. The topological polar surface area (TPSA) is 20.2 Å². The van der Waals surface area contributed by atoms with Gasteiger partial charge in [0.25, 0.3) is 0 Å². The third kappa shape index (κ3) is 7.20. The Morgan fingerprint density at radius 2 is 2.00 bits per heavy atom. The van der Waals surface area contributed by atoms with Gasteiger partial charge in [-0.25, -0.2) is 0 Å². The fourth-order valence-electron chi connectivity index (χ4n) is 0.956. The Morgan fingerprint density at radius 1 is 1.38 bits per heavy atom. The number of hydrogen-bond donors (Lipinski definition) is 1. The van der Waals surface area contributed by atoms with Crippen molar-refractivity contribution in [3.05, 3.63) is 35.3 Å². The monoisotopic (exact) mass is 258 g/mol. The molecule has 0 heterocycles. The van der Waals surface area contributed by atoms with Crippen LogP contribution in [0.4, 0.5) is 0 Å². The van der Waals surface area contributed by atoms with Gasteiger partial charge in [-0.15, -0.1) is 0 Å². The lowest BCUT2D eigenvalue weighted by atomic mass is 10.2. The first-order valence-corrected chi connectivity index (χ1v) is 7.54. The molecule has 0 bridgehead atoms. The molecule has 0 aliphatic rings. The van der Waals surface area contributed by atoms with E-state index in [-0.39, 0.29) is 11.4 Å². The second-order valence-corrected chi connectivity index (χ2v) is 7.34. The van der Waals surface area contributed by atoms with E-state index in [1.165, 1.54) is 4.91 Å². The van der Waals surface area contributed by atoms with E-state index < -0.39 is 0 Å². The van der Waals surface area contributed by atoms with Gasteiger partial charge in [0.1, 0.15) is 0 Å². The molecule has 3 heteroatoms. The van der Waals surface area contributed by atoms with Crippen molar-refractivity contribution in [1.29, 1.82) is 0 Å². The van der Waals surface area contributed by atoms with Crippen molar-refractivity contribution in [3.63, 3.8) is 0 Å². The third-order valence-corrected chi connectivity index (χ3v) is 5.09. The summed E-state index contributed by atoms with van der Waals surface area (Å²) in [5, 5.41) is 8.99. The van der Waals surface area contributed by atoms with Crippen LogP contribution < -0.4 is 0 Å². The highest BCUT2D eigenvalue weighted by Gasteiger charge is 2.13. The first-order valence-electron chi connectivity index (χ1n) is 5.39. The molecular formula is C13H22OS2. The summed E-state index contributed by atoms with van der Waals surface area (Å²) < 4.78 is 0.225. The SMILES string of the molecule is C=C/C(CCO)=C(\C=C/C)SSC(C)(C)C. The van der Waals surface area contributed by atoms with E-state index in [2.05, 4.69) is 33.4 Å². The molecule has 1 nitrogen and oxygen atoms in total. The quantitative estimate of drug-likeness (QED) is 0.557. The van der Waals surface area contributed by atoms with Crippen molar-refractivity contribution in [2.75, 3.05) is 6.61 Å². The van der Waals surface area contributed by atoms with E-state index in [9.17, 15) is 0 Å². The van der Waals surface area contributed by atoms with E-state index in [0.29, 0.717) is 6.42 Å². The molecule has 0 aliphatic carbocycles. The van der Waals surface area contributed by atoms with Crippen molar-refractivity contribution in [2.24, 2.45) is 0 Å². The molecule has 16 heavy (non-hydrogen) atoms. The Morgan fingerprint density at radius 3 is 2.38 bits per heavy atom. The second-order valence-electron chi connectivity index (χ2n) is 4.35.